The minimum atomic E-state index is -0.874. The van der Waals surface area contributed by atoms with Crippen molar-refractivity contribution in [1.29, 1.82) is 0 Å². The summed E-state index contributed by atoms with van der Waals surface area (Å²) in [6, 6.07) is 6.15. The number of hydrogen-bond acceptors (Lipinski definition) is 3. The lowest BCUT2D eigenvalue weighted by atomic mass is 10.2. The topological polar surface area (TPSA) is 58.6 Å². The lowest BCUT2D eigenvalue weighted by Gasteiger charge is -2.21. The molecular weight excluding hydrogens is 378 g/mol. The molecule has 2 rings (SSSR count). The number of rotatable bonds is 6. The summed E-state index contributed by atoms with van der Waals surface area (Å²) in [6.07, 6.45) is -0.0960. The molecule has 5 nitrogen and oxygen atoms in total. The Kier molecular flexibility index (Phi) is 6.74. The van der Waals surface area contributed by atoms with Gasteiger partial charge in [-0.1, -0.05) is 11.6 Å². The zero-order valence-corrected chi connectivity index (χ0v) is 15.9. The van der Waals surface area contributed by atoms with Crippen LogP contribution in [0.1, 0.15) is 18.9 Å². The first-order chi connectivity index (χ1) is 12.7. The second kappa shape index (κ2) is 8.81. The molecule has 2 aromatic carbocycles. The number of hydrogen-bond donors (Lipinski definition) is 1. The molecule has 27 heavy (non-hydrogen) atoms. The average Bonchev–Trinajstić information content (AvgIpc) is 2.59. The molecule has 0 bridgehead atoms. The highest BCUT2D eigenvalue weighted by molar-refractivity contribution is 6.31. The van der Waals surface area contributed by atoms with Gasteiger partial charge >= 0.3 is 0 Å². The van der Waals surface area contributed by atoms with Crippen LogP contribution < -0.4 is 15.0 Å². The molecule has 0 radical (unpaired) electrons. The summed E-state index contributed by atoms with van der Waals surface area (Å²) in [5, 5.41) is 3.18. The molecule has 0 aromatic heterocycles. The Bertz CT molecular complexity index is 874. The third-order valence-corrected chi connectivity index (χ3v) is 4.31. The molecule has 0 aliphatic rings. The van der Waals surface area contributed by atoms with E-state index in [0.29, 0.717) is 22.5 Å². The van der Waals surface area contributed by atoms with Gasteiger partial charge in [0.05, 0.1) is 18.5 Å². The highest BCUT2D eigenvalue weighted by Gasteiger charge is 2.18. The number of nitrogens with zero attached hydrogens (tertiary/aromatic N) is 1. The third kappa shape index (κ3) is 5.17. The minimum Gasteiger partial charge on any atom is -0.495 e. The maximum atomic E-state index is 13.9. The number of carbonyl (C=O) groups is 2. The summed E-state index contributed by atoms with van der Waals surface area (Å²) in [6.45, 7) is 2.96. The largest absolute Gasteiger partial charge is 0.495 e. The van der Waals surface area contributed by atoms with Crippen LogP contribution in [0.15, 0.2) is 30.3 Å². The normalized spacial score (nSPS) is 10.4. The van der Waals surface area contributed by atoms with E-state index in [-0.39, 0.29) is 18.7 Å². The summed E-state index contributed by atoms with van der Waals surface area (Å²) in [5.41, 5.74) is 1.11. The van der Waals surface area contributed by atoms with Gasteiger partial charge in [0.15, 0.2) is 0 Å². The van der Waals surface area contributed by atoms with Crippen LogP contribution in [-0.2, 0) is 9.59 Å². The Hall–Kier alpha value is -2.67. The average molecular weight is 397 g/mol. The fraction of sp³-hybridized carbons (Fsp3) is 0.263. The van der Waals surface area contributed by atoms with E-state index in [0.717, 1.165) is 22.6 Å². The van der Waals surface area contributed by atoms with Gasteiger partial charge in [0.1, 0.15) is 17.4 Å². The molecule has 0 aliphatic carbocycles. The molecule has 0 aliphatic heterocycles. The fourth-order valence-electron chi connectivity index (χ4n) is 2.50. The summed E-state index contributed by atoms with van der Waals surface area (Å²) >= 11 is 6.03. The van der Waals surface area contributed by atoms with Crippen LogP contribution in [0.3, 0.4) is 0 Å². The smallest absolute Gasteiger partial charge is 0.226 e. The maximum Gasteiger partial charge on any atom is 0.226 e. The monoisotopic (exact) mass is 396 g/mol. The van der Waals surface area contributed by atoms with E-state index in [4.69, 9.17) is 16.3 Å². The zero-order valence-electron chi connectivity index (χ0n) is 15.1. The summed E-state index contributed by atoms with van der Waals surface area (Å²) in [7, 11) is 1.45. The lowest BCUT2D eigenvalue weighted by Crippen LogP contribution is -2.32. The van der Waals surface area contributed by atoms with Crippen molar-refractivity contribution < 1.29 is 23.1 Å². The van der Waals surface area contributed by atoms with Gasteiger partial charge in [-0.25, -0.2) is 8.78 Å². The van der Waals surface area contributed by atoms with Crippen LogP contribution >= 0.6 is 11.6 Å². The number of ether oxygens (including phenoxy) is 1. The van der Waals surface area contributed by atoms with Crippen LogP contribution in [0, 0.1) is 18.6 Å². The van der Waals surface area contributed by atoms with Crippen molar-refractivity contribution in [3.63, 3.8) is 0 Å². The number of methoxy groups -OCH3 is 1. The van der Waals surface area contributed by atoms with Crippen molar-refractivity contribution in [2.24, 2.45) is 0 Å². The van der Waals surface area contributed by atoms with Crippen molar-refractivity contribution >= 4 is 34.8 Å². The number of aryl methyl sites for hydroxylation is 1. The van der Waals surface area contributed by atoms with Gasteiger partial charge in [-0.2, -0.15) is 0 Å². The molecule has 1 N–H and O–H groups in total. The van der Waals surface area contributed by atoms with Crippen LogP contribution in [-0.4, -0.2) is 25.5 Å². The van der Waals surface area contributed by atoms with E-state index in [1.807, 2.05) is 0 Å². The van der Waals surface area contributed by atoms with Gasteiger partial charge in [0.25, 0.3) is 0 Å². The van der Waals surface area contributed by atoms with Gasteiger partial charge in [-0.15, -0.1) is 0 Å². The van der Waals surface area contributed by atoms with Crippen LogP contribution in [0.2, 0.25) is 5.02 Å². The molecule has 0 spiro atoms. The van der Waals surface area contributed by atoms with E-state index in [1.54, 1.807) is 19.1 Å². The molecule has 0 atom stereocenters. The Morgan fingerprint density at radius 1 is 1.22 bits per heavy atom. The minimum absolute atomic E-state index is 0.0708. The van der Waals surface area contributed by atoms with Crippen LogP contribution in [0.5, 0.6) is 5.75 Å². The van der Waals surface area contributed by atoms with Crippen molar-refractivity contribution in [1.82, 2.24) is 0 Å². The maximum absolute atomic E-state index is 13.9. The number of nitrogens with one attached hydrogen (secondary N) is 1. The Morgan fingerprint density at radius 2 is 1.93 bits per heavy atom. The first-order valence-electron chi connectivity index (χ1n) is 8.10. The second-order valence-electron chi connectivity index (χ2n) is 5.87. The van der Waals surface area contributed by atoms with Gasteiger partial charge < -0.3 is 15.0 Å². The molecule has 0 saturated heterocycles. The molecule has 0 unspecified atom stereocenters. The zero-order chi connectivity index (χ0) is 20.1. The summed E-state index contributed by atoms with van der Waals surface area (Å²) in [5.74, 6) is -2.09. The van der Waals surface area contributed by atoms with Gasteiger partial charge in [0.2, 0.25) is 11.8 Å². The number of benzene rings is 2. The van der Waals surface area contributed by atoms with Crippen LogP contribution in [0.25, 0.3) is 0 Å². The number of carbonyl (C=O) groups excluding carboxylic acids is 2. The molecule has 144 valence electrons. The van der Waals surface area contributed by atoms with E-state index in [2.05, 4.69) is 5.32 Å². The highest BCUT2D eigenvalue weighted by atomic mass is 35.5. The predicted molar refractivity (Wildman–Crippen MR) is 100 cm³/mol. The SMILES string of the molecule is COc1cc(Cl)c(C)cc1NC(=O)CCN(C(C)=O)c1ccc(F)cc1F. The molecule has 0 saturated carbocycles. The van der Waals surface area contributed by atoms with Gasteiger partial charge in [-0.3, -0.25) is 9.59 Å². The molecule has 2 aromatic rings. The first kappa shape index (κ1) is 20.6. The molecule has 8 heteroatoms. The standard InChI is InChI=1S/C19H19ClF2N2O3/c1-11-8-16(18(27-3)10-14(11)20)23-19(26)6-7-24(12(2)25)17-5-4-13(21)9-15(17)22/h4-5,8-10H,6-7H2,1-3H3,(H,23,26). The Balaban J connectivity index is 2.11. The predicted octanol–water partition coefficient (Wildman–Crippen LogP) is 4.32. The molecule has 0 heterocycles. The van der Waals surface area contributed by atoms with E-state index in [9.17, 15) is 18.4 Å². The van der Waals surface area contributed by atoms with E-state index in [1.165, 1.54) is 14.0 Å². The summed E-state index contributed by atoms with van der Waals surface area (Å²) < 4.78 is 32.2. The quantitative estimate of drug-likeness (QED) is 0.791. The van der Waals surface area contributed by atoms with E-state index < -0.39 is 23.4 Å². The van der Waals surface area contributed by atoms with E-state index >= 15 is 0 Å². The van der Waals surface area contributed by atoms with Crippen molar-refractivity contribution in [2.75, 3.05) is 23.9 Å². The lowest BCUT2D eigenvalue weighted by molar-refractivity contribution is -0.117. The first-order valence-corrected chi connectivity index (χ1v) is 8.48. The number of amides is 2. The van der Waals surface area contributed by atoms with Gasteiger partial charge in [0, 0.05) is 37.0 Å². The number of anilines is 2. The Labute approximate surface area is 160 Å². The fourth-order valence-corrected chi connectivity index (χ4v) is 2.66. The third-order valence-electron chi connectivity index (χ3n) is 3.90. The molecule has 0 fully saturated rings. The Morgan fingerprint density at radius 3 is 2.52 bits per heavy atom. The van der Waals surface area contributed by atoms with Gasteiger partial charge in [-0.05, 0) is 30.7 Å². The highest BCUT2D eigenvalue weighted by Crippen LogP contribution is 2.31. The van der Waals surface area contributed by atoms with Crippen molar-refractivity contribution in [3.8, 4) is 5.75 Å². The van der Waals surface area contributed by atoms with Crippen molar-refractivity contribution in [2.45, 2.75) is 20.3 Å². The molecular formula is C19H19ClF2N2O3. The van der Waals surface area contributed by atoms with Crippen molar-refractivity contribution in [3.05, 3.63) is 52.6 Å². The van der Waals surface area contributed by atoms with Crippen LogP contribution in [0.4, 0.5) is 20.2 Å². The second-order valence-corrected chi connectivity index (χ2v) is 6.27. The molecule has 2 amide bonds. The summed E-state index contributed by atoms with van der Waals surface area (Å²) in [4.78, 5) is 25.2. The number of halogens is 3.